The van der Waals surface area contributed by atoms with Gasteiger partial charge in [0.25, 0.3) is 0 Å². The fourth-order valence-corrected chi connectivity index (χ4v) is 6.60. The molecule has 8 rings (SSSR count). The van der Waals surface area contributed by atoms with E-state index in [0.29, 0.717) is 5.69 Å². The average Bonchev–Trinajstić information content (AvgIpc) is 3.14. The molecule has 33 heavy (non-hydrogen) atoms. The summed E-state index contributed by atoms with van der Waals surface area (Å²) in [5, 5.41) is 2.01. The minimum absolute atomic E-state index is 0.222. The monoisotopic (exact) mass is 429 g/mol. The van der Waals surface area contributed by atoms with Crippen molar-refractivity contribution in [2.24, 2.45) is 11.8 Å². The second kappa shape index (κ2) is 6.26. The van der Waals surface area contributed by atoms with Crippen LogP contribution in [0.25, 0.3) is 10.8 Å². The summed E-state index contributed by atoms with van der Waals surface area (Å²) >= 11 is 0. The SMILES string of the molecule is O=CC12c3ccccc3C(c3ccccc31)[C@H]1C(=O)N(c3ccc4ccccc4c3)C(=O)[C@@H]12. The van der Waals surface area contributed by atoms with E-state index in [4.69, 9.17) is 0 Å². The molecule has 1 heterocycles. The molecule has 0 spiro atoms. The molecule has 2 amide bonds. The minimum atomic E-state index is -1.16. The normalized spacial score (nSPS) is 26.8. The van der Waals surface area contributed by atoms with Crippen molar-refractivity contribution < 1.29 is 14.4 Å². The fraction of sp³-hybridized carbons (Fsp3) is 0.138. The van der Waals surface area contributed by atoms with E-state index >= 15 is 0 Å². The van der Waals surface area contributed by atoms with E-state index in [1.54, 1.807) is 0 Å². The Bertz CT molecular complexity index is 1470. The summed E-state index contributed by atoms with van der Waals surface area (Å²) in [4.78, 5) is 42.3. The molecule has 4 aromatic carbocycles. The highest BCUT2D eigenvalue weighted by molar-refractivity contribution is 6.25. The third kappa shape index (κ3) is 2.09. The van der Waals surface area contributed by atoms with Gasteiger partial charge < -0.3 is 4.79 Å². The lowest BCUT2D eigenvalue weighted by atomic mass is 9.48. The Labute approximate surface area is 190 Å². The number of aldehydes is 1. The van der Waals surface area contributed by atoms with Crippen LogP contribution in [-0.4, -0.2) is 18.1 Å². The number of anilines is 1. The molecule has 158 valence electrons. The zero-order valence-corrected chi connectivity index (χ0v) is 17.6. The van der Waals surface area contributed by atoms with Gasteiger partial charge in [0.05, 0.1) is 22.9 Å². The van der Waals surface area contributed by atoms with Gasteiger partial charge in [-0.25, -0.2) is 4.90 Å². The first-order valence-corrected chi connectivity index (χ1v) is 11.2. The lowest BCUT2D eigenvalue weighted by molar-refractivity contribution is -0.128. The summed E-state index contributed by atoms with van der Waals surface area (Å²) in [7, 11) is 0. The molecule has 1 saturated heterocycles. The quantitative estimate of drug-likeness (QED) is 0.346. The molecular weight excluding hydrogens is 410 g/mol. The van der Waals surface area contributed by atoms with Gasteiger partial charge in [-0.15, -0.1) is 0 Å². The molecule has 2 atom stereocenters. The van der Waals surface area contributed by atoms with Gasteiger partial charge in [-0.05, 0) is 45.2 Å². The summed E-state index contributed by atoms with van der Waals surface area (Å²) in [5.74, 6) is -2.10. The first kappa shape index (κ1) is 18.5. The van der Waals surface area contributed by atoms with E-state index in [0.717, 1.165) is 39.3 Å². The Balaban J connectivity index is 1.48. The van der Waals surface area contributed by atoms with Crippen LogP contribution >= 0.6 is 0 Å². The third-order valence-electron chi connectivity index (χ3n) is 7.86. The van der Waals surface area contributed by atoms with Crippen molar-refractivity contribution in [2.75, 3.05) is 4.90 Å². The summed E-state index contributed by atoms with van der Waals surface area (Å²) in [6.45, 7) is 0. The Kier molecular flexibility index (Phi) is 3.51. The van der Waals surface area contributed by atoms with Crippen molar-refractivity contribution in [3.05, 3.63) is 113 Å². The average molecular weight is 429 g/mol. The fourth-order valence-electron chi connectivity index (χ4n) is 6.60. The number of fused-ring (bicyclic) bond motifs is 1. The van der Waals surface area contributed by atoms with Crippen LogP contribution in [0.5, 0.6) is 0 Å². The summed E-state index contributed by atoms with van der Waals surface area (Å²) in [6, 6.07) is 29.1. The van der Waals surface area contributed by atoms with Crippen LogP contribution in [0, 0.1) is 11.8 Å². The smallest absolute Gasteiger partial charge is 0.239 e. The number of nitrogens with zero attached hydrogens (tertiary/aromatic N) is 1. The largest absolute Gasteiger partial charge is 0.302 e. The topological polar surface area (TPSA) is 54.5 Å². The Morgan fingerprint density at radius 3 is 1.97 bits per heavy atom. The van der Waals surface area contributed by atoms with Crippen LogP contribution in [0.15, 0.2) is 91.0 Å². The molecule has 0 saturated carbocycles. The standard InChI is InChI=1S/C29H19NO3/c31-16-29-22-11-5-3-9-20(22)24(21-10-4-6-12-23(21)29)25-26(29)28(33)30(27(25)32)19-14-13-17-7-1-2-8-18(17)15-19/h1-16,24-26H/t24?,25-,26-,29?/m1/s1. The van der Waals surface area contributed by atoms with Gasteiger partial charge in [0.15, 0.2) is 0 Å². The molecule has 0 aromatic heterocycles. The number of imide groups is 1. The Morgan fingerprint density at radius 2 is 1.30 bits per heavy atom. The number of benzene rings is 4. The second-order valence-electron chi connectivity index (χ2n) is 9.19. The minimum Gasteiger partial charge on any atom is -0.302 e. The van der Waals surface area contributed by atoms with Crippen molar-refractivity contribution in [1.82, 2.24) is 0 Å². The van der Waals surface area contributed by atoms with Crippen molar-refractivity contribution in [3.8, 4) is 0 Å². The molecule has 1 aliphatic heterocycles. The van der Waals surface area contributed by atoms with Crippen molar-refractivity contribution >= 4 is 34.6 Å². The summed E-state index contributed by atoms with van der Waals surface area (Å²) in [6.07, 6.45) is 0.910. The predicted octanol–water partition coefficient (Wildman–Crippen LogP) is 4.59. The van der Waals surface area contributed by atoms with Gasteiger partial charge in [0.2, 0.25) is 11.8 Å². The summed E-state index contributed by atoms with van der Waals surface area (Å²) < 4.78 is 0. The van der Waals surface area contributed by atoms with Gasteiger partial charge in [-0.2, -0.15) is 0 Å². The van der Waals surface area contributed by atoms with Gasteiger partial charge in [-0.1, -0.05) is 78.9 Å². The maximum absolute atomic E-state index is 14.0. The molecule has 0 N–H and O–H groups in total. The number of carbonyl (C=O) groups excluding carboxylic acids is 3. The van der Waals surface area contributed by atoms with Crippen LogP contribution < -0.4 is 4.90 Å². The maximum atomic E-state index is 14.0. The highest BCUT2D eigenvalue weighted by Gasteiger charge is 2.68. The molecular formula is C29H19NO3. The van der Waals surface area contributed by atoms with Crippen molar-refractivity contribution in [1.29, 1.82) is 0 Å². The number of amides is 2. The van der Waals surface area contributed by atoms with E-state index < -0.39 is 17.3 Å². The highest BCUT2D eigenvalue weighted by atomic mass is 16.2. The lowest BCUT2D eigenvalue weighted by Crippen LogP contribution is -2.54. The van der Waals surface area contributed by atoms with Gasteiger partial charge in [0, 0.05) is 5.92 Å². The van der Waals surface area contributed by atoms with Crippen molar-refractivity contribution in [2.45, 2.75) is 11.3 Å². The van der Waals surface area contributed by atoms with E-state index in [-0.39, 0.29) is 17.7 Å². The van der Waals surface area contributed by atoms with Crippen LogP contribution in [-0.2, 0) is 19.8 Å². The number of hydrogen-bond acceptors (Lipinski definition) is 3. The van der Waals surface area contributed by atoms with Crippen LogP contribution in [0.2, 0.25) is 0 Å². The first-order valence-electron chi connectivity index (χ1n) is 11.2. The highest BCUT2D eigenvalue weighted by Crippen LogP contribution is 2.63. The summed E-state index contributed by atoms with van der Waals surface area (Å²) in [5.41, 5.74) is 3.06. The molecule has 4 aliphatic rings. The molecule has 2 bridgehead atoms. The molecule has 0 unspecified atom stereocenters. The second-order valence-corrected chi connectivity index (χ2v) is 9.19. The number of hydrogen-bond donors (Lipinski definition) is 0. The molecule has 3 aliphatic carbocycles. The predicted molar refractivity (Wildman–Crippen MR) is 125 cm³/mol. The van der Waals surface area contributed by atoms with Gasteiger partial charge in [0.1, 0.15) is 6.29 Å². The molecule has 1 fully saturated rings. The zero-order chi connectivity index (χ0) is 22.3. The van der Waals surface area contributed by atoms with Gasteiger partial charge in [-0.3, -0.25) is 9.59 Å². The van der Waals surface area contributed by atoms with E-state index in [2.05, 4.69) is 0 Å². The van der Waals surface area contributed by atoms with E-state index in [9.17, 15) is 14.4 Å². The third-order valence-corrected chi connectivity index (χ3v) is 7.86. The van der Waals surface area contributed by atoms with Crippen LogP contribution in [0.1, 0.15) is 28.2 Å². The molecule has 0 radical (unpaired) electrons. The zero-order valence-electron chi connectivity index (χ0n) is 17.6. The van der Waals surface area contributed by atoms with Gasteiger partial charge >= 0.3 is 0 Å². The van der Waals surface area contributed by atoms with E-state index in [1.165, 1.54) is 4.90 Å². The maximum Gasteiger partial charge on any atom is 0.239 e. The Morgan fingerprint density at radius 1 is 0.697 bits per heavy atom. The molecule has 4 heteroatoms. The number of carbonyl (C=O) groups is 3. The first-order chi connectivity index (χ1) is 16.2. The molecule has 4 aromatic rings. The number of rotatable bonds is 2. The van der Waals surface area contributed by atoms with Crippen molar-refractivity contribution in [3.63, 3.8) is 0 Å². The molecule has 4 nitrogen and oxygen atoms in total. The van der Waals surface area contributed by atoms with Crippen LogP contribution in [0.4, 0.5) is 5.69 Å². The Hall–Kier alpha value is -4.05. The van der Waals surface area contributed by atoms with E-state index in [1.807, 2.05) is 91.0 Å². The van der Waals surface area contributed by atoms with Crippen LogP contribution in [0.3, 0.4) is 0 Å². The lowest BCUT2D eigenvalue weighted by Gasteiger charge is -2.51.